The standard InChI is InChI=1S/C18H14N4O3/c23-13-6-3-5-12-15(13)16(22-18(21-12)19-9-20-22)11-8-25-14-7-2-1-4-10(14)17(11)24/h1-2,4,7-9,16H,3,5-6H2,(H,19,20,21). The third-order valence-corrected chi connectivity index (χ3v) is 4.81. The van der Waals surface area contributed by atoms with Gasteiger partial charge in [-0.1, -0.05) is 12.1 Å². The molecule has 0 spiro atoms. The molecule has 3 heterocycles. The van der Waals surface area contributed by atoms with E-state index >= 15 is 0 Å². The first-order valence-corrected chi connectivity index (χ1v) is 8.17. The molecule has 0 radical (unpaired) electrons. The first kappa shape index (κ1) is 14.2. The number of nitrogens with zero attached hydrogens (tertiary/aromatic N) is 3. The molecular formula is C18H14N4O3. The second-order valence-electron chi connectivity index (χ2n) is 6.24. The summed E-state index contributed by atoms with van der Waals surface area (Å²) in [5, 5.41) is 7.91. The lowest BCUT2D eigenvalue weighted by molar-refractivity contribution is -0.116. The van der Waals surface area contributed by atoms with Crippen molar-refractivity contribution in [2.75, 3.05) is 5.32 Å². The summed E-state index contributed by atoms with van der Waals surface area (Å²) >= 11 is 0. The molecular weight excluding hydrogens is 320 g/mol. The van der Waals surface area contributed by atoms with Crippen LogP contribution in [0, 0.1) is 0 Å². The van der Waals surface area contributed by atoms with Gasteiger partial charge in [-0.2, -0.15) is 10.1 Å². The van der Waals surface area contributed by atoms with E-state index in [2.05, 4.69) is 15.4 Å². The zero-order valence-electron chi connectivity index (χ0n) is 13.2. The molecule has 1 unspecified atom stereocenters. The van der Waals surface area contributed by atoms with Gasteiger partial charge in [0, 0.05) is 17.7 Å². The van der Waals surface area contributed by atoms with Crippen LogP contribution in [0.5, 0.6) is 0 Å². The second-order valence-corrected chi connectivity index (χ2v) is 6.24. The molecule has 1 aliphatic heterocycles. The number of allylic oxidation sites excluding steroid dienone is 2. The first-order valence-electron chi connectivity index (χ1n) is 8.17. The van der Waals surface area contributed by atoms with E-state index in [0.717, 1.165) is 18.5 Å². The highest BCUT2D eigenvalue weighted by atomic mass is 16.3. The van der Waals surface area contributed by atoms with E-state index < -0.39 is 6.04 Å². The molecule has 7 nitrogen and oxygen atoms in total. The smallest absolute Gasteiger partial charge is 0.226 e. The maximum absolute atomic E-state index is 13.1. The van der Waals surface area contributed by atoms with Gasteiger partial charge in [0.05, 0.1) is 10.9 Å². The minimum Gasteiger partial charge on any atom is -0.464 e. The van der Waals surface area contributed by atoms with E-state index in [1.165, 1.54) is 12.6 Å². The first-order chi connectivity index (χ1) is 12.2. The molecule has 5 rings (SSSR count). The van der Waals surface area contributed by atoms with Crippen LogP contribution in [0.3, 0.4) is 0 Å². The molecule has 3 aromatic rings. The Kier molecular flexibility index (Phi) is 2.91. The third kappa shape index (κ3) is 1.98. The topological polar surface area (TPSA) is 90.0 Å². The number of rotatable bonds is 1. The van der Waals surface area contributed by atoms with E-state index in [9.17, 15) is 9.59 Å². The van der Waals surface area contributed by atoms with Gasteiger partial charge in [0.2, 0.25) is 5.95 Å². The summed E-state index contributed by atoms with van der Waals surface area (Å²) in [4.78, 5) is 29.9. The lowest BCUT2D eigenvalue weighted by Crippen LogP contribution is -2.33. The molecule has 0 bridgehead atoms. The Hall–Kier alpha value is -3.22. The van der Waals surface area contributed by atoms with Crippen LogP contribution in [-0.2, 0) is 4.79 Å². The Bertz CT molecular complexity index is 1110. The van der Waals surface area contributed by atoms with Gasteiger partial charge in [-0.25, -0.2) is 4.68 Å². The largest absolute Gasteiger partial charge is 0.464 e. The van der Waals surface area contributed by atoms with Crippen LogP contribution in [0.25, 0.3) is 11.0 Å². The summed E-state index contributed by atoms with van der Waals surface area (Å²) in [6, 6.07) is 6.48. The van der Waals surface area contributed by atoms with Crippen molar-refractivity contribution in [3.8, 4) is 0 Å². The number of aromatic nitrogens is 3. The Morgan fingerprint density at radius 2 is 2.08 bits per heavy atom. The molecule has 0 amide bonds. The SMILES string of the molecule is O=C1CCCC2=C1C(c1coc3ccccc3c1=O)n1ncnc1N2. The van der Waals surface area contributed by atoms with Crippen molar-refractivity contribution in [1.29, 1.82) is 0 Å². The lowest BCUT2D eigenvalue weighted by Gasteiger charge is -2.31. The van der Waals surface area contributed by atoms with Crippen molar-refractivity contribution in [2.24, 2.45) is 0 Å². The van der Waals surface area contributed by atoms with Crippen LogP contribution in [0.2, 0.25) is 0 Å². The van der Waals surface area contributed by atoms with Crippen molar-refractivity contribution in [3.63, 3.8) is 0 Å². The number of para-hydroxylation sites is 1. The average Bonchev–Trinajstić information content (AvgIpc) is 3.09. The third-order valence-electron chi connectivity index (χ3n) is 4.81. The van der Waals surface area contributed by atoms with Crippen LogP contribution in [0.1, 0.15) is 30.9 Å². The fraction of sp³-hybridized carbons (Fsp3) is 0.222. The minimum absolute atomic E-state index is 0.0347. The fourth-order valence-electron chi connectivity index (χ4n) is 3.67. The zero-order valence-corrected chi connectivity index (χ0v) is 13.2. The Balaban J connectivity index is 1.80. The van der Waals surface area contributed by atoms with Crippen molar-refractivity contribution < 1.29 is 9.21 Å². The van der Waals surface area contributed by atoms with Crippen molar-refractivity contribution in [3.05, 3.63) is 63.9 Å². The molecule has 7 heteroatoms. The number of anilines is 1. The van der Waals surface area contributed by atoms with Gasteiger partial charge in [-0.15, -0.1) is 0 Å². The maximum atomic E-state index is 13.1. The van der Waals surface area contributed by atoms with Gasteiger partial charge in [0.25, 0.3) is 0 Å². The quantitative estimate of drug-likeness (QED) is 0.735. The molecule has 124 valence electrons. The molecule has 25 heavy (non-hydrogen) atoms. The van der Waals surface area contributed by atoms with E-state index in [1.54, 1.807) is 22.9 Å². The Labute approximate surface area is 142 Å². The maximum Gasteiger partial charge on any atom is 0.226 e. The minimum atomic E-state index is -0.609. The predicted octanol–water partition coefficient (Wildman–Crippen LogP) is 2.41. The van der Waals surface area contributed by atoms with E-state index in [1.807, 2.05) is 6.07 Å². The van der Waals surface area contributed by atoms with Crippen LogP contribution < -0.4 is 10.7 Å². The van der Waals surface area contributed by atoms with E-state index in [0.29, 0.717) is 34.5 Å². The van der Waals surface area contributed by atoms with E-state index in [-0.39, 0.29) is 11.2 Å². The Morgan fingerprint density at radius 1 is 1.20 bits per heavy atom. The Morgan fingerprint density at radius 3 is 3.00 bits per heavy atom. The van der Waals surface area contributed by atoms with Gasteiger partial charge in [0.15, 0.2) is 11.2 Å². The molecule has 1 aromatic carbocycles. The predicted molar refractivity (Wildman–Crippen MR) is 90.2 cm³/mol. The van der Waals surface area contributed by atoms with Crippen molar-refractivity contribution in [1.82, 2.24) is 14.8 Å². The average molecular weight is 334 g/mol. The molecule has 1 N–H and O–H groups in total. The summed E-state index contributed by atoms with van der Waals surface area (Å²) in [5.74, 6) is 0.568. The summed E-state index contributed by atoms with van der Waals surface area (Å²) in [7, 11) is 0. The number of hydrogen-bond acceptors (Lipinski definition) is 6. The number of nitrogens with one attached hydrogen (secondary N) is 1. The second kappa shape index (κ2) is 5.14. The number of carbonyl (C=O) groups is 1. The van der Waals surface area contributed by atoms with Crippen LogP contribution in [0.15, 0.2) is 57.3 Å². The molecule has 2 aliphatic rings. The number of carbonyl (C=O) groups excluding carboxylic acids is 1. The number of fused-ring (bicyclic) bond motifs is 2. The number of ketones is 1. The number of benzene rings is 1. The highest BCUT2D eigenvalue weighted by Crippen LogP contribution is 2.38. The molecule has 0 fully saturated rings. The highest BCUT2D eigenvalue weighted by molar-refractivity contribution is 5.99. The van der Waals surface area contributed by atoms with Crippen LogP contribution in [-0.4, -0.2) is 20.5 Å². The zero-order chi connectivity index (χ0) is 17.0. The number of hydrogen-bond donors (Lipinski definition) is 1. The monoisotopic (exact) mass is 334 g/mol. The van der Waals surface area contributed by atoms with Crippen LogP contribution in [0.4, 0.5) is 5.95 Å². The van der Waals surface area contributed by atoms with Crippen LogP contribution >= 0.6 is 0 Å². The molecule has 2 aromatic heterocycles. The summed E-state index contributed by atoms with van der Waals surface area (Å²) in [6.45, 7) is 0. The van der Waals surface area contributed by atoms with Gasteiger partial charge in [-0.3, -0.25) is 9.59 Å². The van der Waals surface area contributed by atoms with Gasteiger partial charge in [-0.05, 0) is 25.0 Å². The summed E-state index contributed by atoms with van der Waals surface area (Å²) in [5.41, 5.74) is 2.18. The summed E-state index contributed by atoms with van der Waals surface area (Å²) < 4.78 is 7.25. The molecule has 0 saturated carbocycles. The highest BCUT2D eigenvalue weighted by Gasteiger charge is 2.37. The molecule has 1 atom stereocenters. The normalized spacial score (nSPS) is 19.5. The number of Topliss-reactive ketones (excluding diaryl/α,β-unsaturated/α-hetero) is 1. The lowest BCUT2D eigenvalue weighted by atomic mass is 9.86. The van der Waals surface area contributed by atoms with Crippen molar-refractivity contribution >= 4 is 22.7 Å². The molecule has 1 aliphatic carbocycles. The fourth-order valence-corrected chi connectivity index (χ4v) is 3.67. The van der Waals surface area contributed by atoms with E-state index in [4.69, 9.17) is 4.42 Å². The van der Waals surface area contributed by atoms with Gasteiger partial charge < -0.3 is 9.73 Å². The summed E-state index contributed by atoms with van der Waals surface area (Å²) in [6.07, 6.45) is 4.88. The van der Waals surface area contributed by atoms with Gasteiger partial charge >= 0.3 is 0 Å². The molecule has 0 saturated heterocycles. The van der Waals surface area contributed by atoms with Crippen molar-refractivity contribution in [2.45, 2.75) is 25.3 Å². The van der Waals surface area contributed by atoms with Gasteiger partial charge in [0.1, 0.15) is 24.2 Å².